The van der Waals surface area contributed by atoms with Crippen molar-refractivity contribution in [2.24, 2.45) is 0 Å². The van der Waals surface area contributed by atoms with Crippen LogP contribution in [0.5, 0.6) is 23.0 Å². The van der Waals surface area contributed by atoms with Crippen molar-refractivity contribution in [3.63, 3.8) is 0 Å². The van der Waals surface area contributed by atoms with Crippen molar-refractivity contribution in [3.8, 4) is 46.3 Å². The number of benzene rings is 6. The van der Waals surface area contributed by atoms with E-state index in [9.17, 15) is 9.65 Å². The number of hydrogen-bond donors (Lipinski definition) is 0. The van der Waals surface area contributed by atoms with Gasteiger partial charge >= 0.3 is 0 Å². The van der Waals surface area contributed by atoms with Crippen LogP contribution in [0.25, 0.3) is 11.1 Å². The van der Waals surface area contributed by atoms with Crippen LogP contribution in [0.2, 0.25) is 0 Å². The molecule has 0 N–H and O–H groups in total. The summed E-state index contributed by atoms with van der Waals surface area (Å²) in [5, 5.41) is 17.5. The van der Waals surface area contributed by atoms with Gasteiger partial charge in [-0.25, -0.2) is 4.39 Å². The zero-order valence-electron chi connectivity index (χ0n) is 35.4. The predicted molar refractivity (Wildman–Crippen MR) is 231 cm³/mol. The highest BCUT2D eigenvalue weighted by molar-refractivity contribution is 5.77. The van der Waals surface area contributed by atoms with Gasteiger partial charge < -0.3 is 18.9 Å². The molecule has 0 radical (unpaired) electrons. The summed E-state index contributed by atoms with van der Waals surface area (Å²) in [6, 6.07) is 40.0. The molecule has 0 bridgehead atoms. The standard InChI is InChI=1S/C16H15NO.3C9H12O.C7H4FN/c1-11-9-15(18-3)16(12(2)14(11)10-17)13-7-5-4-6-8-13;1-7-4-5-9(10-3)6-8(7)2;1-7-4-5-9(10-3)8(2)6-7;1-7-4-5-8(2)9(6-7)10-3;8-7-3-1-2-6(4-7)5-9/h4-9H,1-3H3;3*4-6H,1-3H3;1-4H. The fraction of sp³-hybridized carbons (Fsp3) is 0.240. The molecule has 296 valence electrons. The molecule has 7 heteroatoms. The van der Waals surface area contributed by atoms with Crippen LogP contribution in [0.15, 0.2) is 115 Å². The second-order valence-corrected chi connectivity index (χ2v) is 13.3. The summed E-state index contributed by atoms with van der Waals surface area (Å²) in [5.41, 5.74) is 12.6. The number of ether oxygens (including phenoxy) is 4. The molecule has 0 amide bonds. The summed E-state index contributed by atoms with van der Waals surface area (Å²) in [7, 11) is 6.73. The van der Waals surface area contributed by atoms with Crippen LogP contribution in [-0.2, 0) is 0 Å². The Morgan fingerprint density at radius 3 is 1.58 bits per heavy atom. The van der Waals surface area contributed by atoms with Gasteiger partial charge in [0, 0.05) is 5.56 Å². The van der Waals surface area contributed by atoms with Crippen LogP contribution in [0.3, 0.4) is 0 Å². The van der Waals surface area contributed by atoms with Gasteiger partial charge in [-0.15, -0.1) is 0 Å². The largest absolute Gasteiger partial charge is 0.497 e. The first kappa shape index (κ1) is 46.6. The lowest BCUT2D eigenvalue weighted by Crippen LogP contribution is -1.97. The van der Waals surface area contributed by atoms with Crippen LogP contribution < -0.4 is 18.9 Å². The Kier molecular flexibility index (Phi) is 19.7. The lowest BCUT2D eigenvalue weighted by Gasteiger charge is -2.15. The Balaban J connectivity index is 0.000000254. The summed E-state index contributed by atoms with van der Waals surface area (Å²) < 4.78 is 32.9. The molecule has 57 heavy (non-hydrogen) atoms. The van der Waals surface area contributed by atoms with E-state index in [2.05, 4.69) is 58.0 Å². The van der Waals surface area contributed by atoms with E-state index in [-0.39, 0.29) is 5.82 Å². The molecular weight excluding hydrogens is 712 g/mol. The van der Waals surface area contributed by atoms with Crippen molar-refractivity contribution in [1.82, 2.24) is 0 Å². The van der Waals surface area contributed by atoms with E-state index in [1.165, 1.54) is 51.6 Å². The summed E-state index contributed by atoms with van der Waals surface area (Å²) in [4.78, 5) is 0. The van der Waals surface area contributed by atoms with Crippen molar-refractivity contribution in [2.75, 3.05) is 28.4 Å². The van der Waals surface area contributed by atoms with Gasteiger partial charge in [0.05, 0.1) is 51.7 Å². The van der Waals surface area contributed by atoms with E-state index >= 15 is 0 Å². The highest BCUT2D eigenvalue weighted by atomic mass is 19.1. The molecule has 6 aromatic carbocycles. The Morgan fingerprint density at radius 1 is 0.456 bits per heavy atom. The maximum absolute atomic E-state index is 12.2. The van der Waals surface area contributed by atoms with Gasteiger partial charge in [-0.2, -0.15) is 10.5 Å². The van der Waals surface area contributed by atoms with Gasteiger partial charge in [0.15, 0.2) is 0 Å². The minimum atomic E-state index is -0.367. The van der Waals surface area contributed by atoms with Crippen LogP contribution in [0.4, 0.5) is 4.39 Å². The minimum Gasteiger partial charge on any atom is -0.497 e. The molecule has 6 rings (SSSR count). The molecule has 6 aromatic rings. The first-order valence-electron chi connectivity index (χ1n) is 18.4. The molecule has 6 nitrogen and oxygen atoms in total. The van der Waals surface area contributed by atoms with Gasteiger partial charge in [-0.05, 0) is 148 Å². The normalized spacial score (nSPS) is 9.46. The number of nitriles is 2. The number of nitrogens with zero attached hydrogens (tertiary/aromatic N) is 2. The topological polar surface area (TPSA) is 84.5 Å². The number of halogens is 1. The average Bonchev–Trinajstić information content (AvgIpc) is 3.21. The molecule has 0 aromatic heterocycles. The molecule has 0 heterocycles. The fourth-order valence-corrected chi connectivity index (χ4v) is 5.60. The van der Waals surface area contributed by atoms with Crippen molar-refractivity contribution in [3.05, 3.63) is 177 Å². The van der Waals surface area contributed by atoms with Crippen LogP contribution in [0.1, 0.15) is 55.6 Å². The molecular formula is C50H55FN2O4. The molecule has 0 aliphatic rings. The summed E-state index contributed by atoms with van der Waals surface area (Å²) in [5.74, 6) is 3.32. The van der Waals surface area contributed by atoms with E-state index in [0.29, 0.717) is 5.56 Å². The fourth-order valence-electron chi connectivity index (χ4n) is 5.60. The Morgan fingerprint density at radius 2 is 1.07 bits per heavy atom. The third-order valence-corrected chi connectivity index (χ3v) is 8.91. The van der Waals surface area contributed by atoms with Crippen LogP contribution in [-0.4, -0.2) is 28.4 Å². The van der Waals surface area contributed by atoms with E-state index in [1.807, 2.05) is 100 Å². The van der Waals surface area contributed by atoms with Crippen molar-refractivity contribution < 1.29 is 23.3 Å². The van der Waals surface area contributed by atoms with Crippen molar-refractivity contribution >= 4 is 0 Å². The molecule has 0 fully saturated rings. The summed E-state index contributed by atoms with van der Waals surface area (Å²) in [6.45, 7) is 16.3. The quantitative estimate of drug-likeness (QED) is 0.174. The van der Waals surface area contributed by atoms with E-state index < -0.39 is 0 Å². The molecule has 0 unspecified atom stereocenters. The predicted octanol–water partition coefficient (Wildman–Crippen LogP) is 12.5. The van der Waals surface area contributed by atoms with Gasteiger partial charge in [-0.3, -0.25) is 0 Å². The highest BCUT2D eigenvalue weighted by Gasteiger charge is 2.15. The SMILES string of the molecule is COc1cc(C)c(C#N)c(C)c1-c1ccccc1.COc1cc(C)ccc1C.COc1ccc(C)c(C)c1.COc1ccc(C)cc1C.N#Cc1cccc(F)c1. The minimum absolute atomic E-state index is 0.356. The lowest BCUT2D eigenvalue weighted by molar-refractivity contribution is 0.411. The monoisotopic (exact) mass is 766 g/mol. The van der Waals surface area contributed by atoms with E-state index in [4.69, 9.17) is 24.2 Å². The van der Waals surface area contributed by atoms with Gasteiger partial charge in [0.25, 0.3) is 0 Å². The number of aryl methyl sites for hydroxylation is 7. The molecule has 0 aliphatic heterocycles. The zero-order valence-corrected chi connectivity index (χ0v) is 35.4. The first-order valence-corrected chi connectivity index (χ1v) is 18.4. The Hall–Kier alpha value is -6.57. The maximum atomic E-state index is 12.2. The number of hydrogen-bond acceptors (Lipinski definition) is 6. The highest BCUT2D eigenvalue weighted by Crippen LogP contribution is 2.36. The maximum Gasteiger partial charge on any atom is 0.127 e. The Labute approximate surface area is 339 Å². The second-order valence-electron chi connectivity index (χ2n) is 13.3. The first-order chi connectivity index (χ1) is 27.2. The van der Waals surface area contributed by atoms with Crippen molar-refractivity contribution in [1.29, 1.82) is 10.5 Å². The number of rotatable bonds is 5. The molecule has 0 saturated heterocycles. The average molecular weight is 767 g/mol. The lowest BCUT2D eigenvalue weighted by atomic mass is 9.93. The van der Waals surface area contributed by atoms with Crippen molar-refractivity contribution in [2.45, 2.75) is 55.4 Å². The molecule has 0 saturated carbocycles. The van der Waals surface area contributed by atoms with Gasteiger partial charge in [0.2, 0.25) is 0 Å². The van der Waals surface area contributed by atoms with Gasteiger partial charge in [0.1, 0.15) is 28.8 Å². The van der Waals surface area contributed by atoms with Crippen LogP contribution in [0, 0.1) is 83.9 Å². The molecule has 0 spiro atoms. The van der Waals surface area contributed by atoms with E-state index in [0.717, 1.165) is 50.8 Å². The molecule has 0 atom stereocenters. The summed E-state index contributed by atoms with van der Waals surface area (Å²) >= 11 is 0. The smallest absolute Gasteiger partial charge is 0.127 e. The third-order valence-electron chi connectivity index (χ3n) is 8.91. The van der Waals surface area contributed by atoms with E-state index in [1.54, 1.807) is 34.5 Å². The third kappa shape index (κ3) is 14.9. The second kappa shape index (κ2) is 24.1. The summed E-state index contributed by atoms with van der Waals surface area (Å²) in [6.07, 6.45) is 0. The number of methoxy groups -OCH3 is 4. The zero-order chi connectivity index (χ0) is 42.5. The Bertz CT molecular complexity index is 2270. The van der Waals surface area contributed by atoms with Gasteiger partial charge in [-0.1, -0.05) is 72.3 Å². The van der Waals surface area contributed by atoms with Crippen LogP contribution >= 0.6 is 0 Å². The molecule has 0 aliphatic carbocycles.